The Morgan fingerprint density at radius 2 is 1.90 bits per heavy atom. The van der Waals surface area contributed by atoms with Crippen LogP contribution in [0, 0.1) is 0 Å². The summed E-state index contributed by atoms with van der Waals surface area (Å²) >= 11 is 3.48. The summed E-state index contributed by atoms with van der Waals surface area (Å²) < 4.78 is 0.981. The number of carbonyl (C=O) groups excluding carboxylic acids is 1. The topological polar surface area (TPSA) is 82.2 Å². The highest BCUT2D eigenvalue weighted by atomic mass is 79.9. The zero-order chi connectivity index (χ0) is 20.8. The van der Waals surface area contributed by atoms with Crippen molar-refractivity contribution < 1.29 is 4.79 Å². The minimum Gasteiger partial charge on any atom is -0.340 e. The molecule has 0 radical (unpaired) electrons. The lowest BCUT2D eigenvalue weighted by atomic mass is 10.1. The molecular weight excluding hydrogens is 444 g/mol. The number of amides is 2. The molecule has 2 amide bonds. The molecule has 0 saturated carbocycles. The summed E-state index contributed by atoms with van der Waals surface area (Å²) in [7, 11) is 0. The van der Waals surface area contributed by atoms with Crippen molar-refractivity contribution in [2.75, 3.05) is 36.8 Å². The van der Waals surface area contributed by atoms with Crippen molar-refractivity contribution in [1.82, 2.24) is 20.2 Å². The molecule has 1 aromatic heterocycles. The number of aromatic nitrogens is 2. The van der Waals surface area contributed by atoms with Crippen LogP contribution in [0.4, 0.5) is 22.0 Å². The molecule has 30 heavy (non-hydrogen) atoms. The number of carbonyl (C=O) groups is 1. The van der Waals surface area contributed by atoms with E-state index >= 15 is 0 Å². The number of halogens is 1. The van der Waals surface area contributed by atoms with Gasteiger partial charge in [-0.15, -0.1) is 0 Å². The molecule has 4 rings (SSSR count). The predicted molar refractivity (Wildman–Crippen MR) is 124 cm³/mol. The molecule has 0 bridgehead atoms. The van der Waals surface area contributed by atoms with Gasteiger partial charge in [0.15, 0.2) is 0 Å². The maximum absolute atomic E-state index is 12.3. The van der Waals surface area contributed by atoms with E-state index in [4.69, 9.17) is 0 Å². The van der Waals surface area contributed by atoms with Crippen LogP contribution in [0.15, 0.2) is 53.3 Å². The van der Waals surface area contributed by atoms with Gasteiger partial charge in [-0.05, 0) is 62.3 Å². The smallest absolute Gasteiger partial charge is 0.319 e. The van der Waals surface area contributed by atoms with Crippen LogP contribution in [0.25, 0.3) is 10.9 Å². The second-order valence-electron chi connectivity index (χ2n) is 7.37. The number of hydrogen-bond acceptors (Lipinski definition) is 5. The number of rotatable bonds is 6. The lowest BCUT2D eigenvalue weighted by Gasteiger charge is -2.26. The van der Waals surface area contributed by atoms with Crippen LogP contribution in [0.3, 0.4) is 0 Å². The number of nitrogens with zero attached hydrogens (tertiary/aromatic N) is 3. The van der Waals surface area contributed by atoms with Crippen LogP contribution < -0.4 is 16.0 Å². The van der Waals surface area contributed by atoms with E-state index in [1.807, 2.05) is 42.5 Å². The van der Waals surface area contributed by atoms with Gasteiger partial charge in [0.2, 0.25) is 0 Å². The number of benzene rings is 2. The van der Waals surface area contributed by atoms with Crippen LogP contribution in [-0.2, 0) is 0 Å². The summed E-state index contributed by atoms with van der Waals surface area (Å²) in [6.45, 7) is 3.78. The zero-order valence-electron chi connectivity index (χ0n) is 16.7. The van der Waals surface area contributed by atoms with Gasteiger partial charge in [-0.25, -0.2) is 14.8 Å². The average molecular weight is 469 g/mol. The number of piperidine rings is 1. The van der Waals surface area contributed by atoms with E-state index in [1.54, 1.807) is 0 Å². The number of likely N-dealkylation sites (tertiary alicyclic amines) is 1. The summed E-state index contributed by atoms with van der Waals surface area (Å²) in [5.41, 5.74) is 2.42. The van der Waals surface area contributed by atoms with Crippen LogP contribution >= 0.6 is 15.9 Å². The molecule has 0 unspecified atom stereocenters. The van der Waals surface area contributed by atoms with Crippen LogP contribution in [0.2, 0.25) is 0 Å². The van der Waals surface area contributed by atoms with Crippen LogP contribution in [0.5, 0.6) is 0 Å². The molecule has 3 aromatic rings. The van der Waals surface area contributed by atoms with Gasteiger partial charge in [0, 0.05) is 34.3 Å². The van der Waals surface area contributed by atoms with Crippen LogP contribution in [-0.4, -0.2) is 47.1 Å². The lowest BCUT2D eigenvalue weighted by molar-refractivity contribution is 0.224. The summed E-state index contributed by atoms with van der Waals surface area (Å²) in [6.07, 6.45) is 5.35. The molecule has 0 spiro atoms. The monoisotopic (exact) mass is 468 g/mol. The van der Waals surface area contributed by atoms with Crippen LogP contribution in [0.1, 0.15) is 19.3 Å². The third-order valence-electron chi connectivity index (χ3n) is 5.14. The van der Waals surface area contributed by atoms with Gasteiger partial charge >= 0.3 is 6.03 Å². The Kier molecular flexibility index (Phi) is 6.76. The molecule has 2 heterocycles. The summed E-state index contributed by atoms with van der Waals surface area (Å²) in [4.78, 5) is 23.4. The number of anilines is 3. The zero-order valence-corrected chi connectivity index (χ0v) is 18.3. The first-order chi connectivity index (χ1) is 14.7. The fourth-order valence-corrected chi connectivity index (χ4v) is 4.02. The molecule has 0 atom stereocenters. The fraction of sp³-hybridized carbons (Fsp3) is 0.318. The summed E-state index contributed by atoms with van der Waals surface area (Å²) in [5, 5.41) is 10.0. The van der Waals surface area contributed by atoms with E-state index in [2.05, 4.69) is 46.7 Å². The average Bonchev–Trinajstić information content (AvgIpc) is 2.75. The van der Waals surface area contributed by atoms with E-state index in [9.17, 15) is 4.79 Å². The molecule has 8 heteroatoms. The van der Waals surface area contributed by atoms with Gasteiger partial charge in [-0.1, -0.05) is 28.4 Å². The first kappa shape index (κ1) is 20.6. The number of fused-ring (bicyclic) bond motifs is 1. The van der Waals surface area contributed by atoms with Crippen molar-refractivity contribution in [3.63, 3.8) is 0 Å². The van der Waals surface area contributed by atoms with Gasteiger partial charge < -0.3 is 20.9 Å². The Bertz CT molecular complexity index is 1020. The second-order valence-corrected chi connectivity index (χ2v) is 8.29. The highest BCUT2D eigenvalue weighted by Gasteiger charge is 2.11. The number of hydrogen-bond donors (Lipinski definition) is 3. The predicted octanol–water partition coefficient (Wildman–Crippen LogP) is 4.74. The SMILES string of the molecule is O=C(NCCN1CCCCC1)Nc1ccc2ncnc(Nc3cccc(Br)c3)c2c1. The first-order valence-corrected chi connectivity index (χ1v) is 11.0. The standard InChI is InChI=1S/C22H25BrN6O/c23-16-5-4-6-17(13-16)27-21-19-14-18(7-8-20(19)25-15-26-21)28-22(30)24-9-12-29-10-2-1-3-11-29/h4-8,13-15H,1-3,9-12H2,(H2,24,28,30)(H,25,26,27). The highest BCUT2D eigenvalue weighted by Crippen LogP contribution is 2.26. The van der Waals surface area contributed by atoms with Crippen molar-refractivity contribution in [3.8, 4) is 0 Å². The van der Waals surface area contributed by atoms with E-state index in [0.717, 1.165) is 40.7 Å². The molecule has 7 nitrogen and oxygen atoms in total. The Labute approximate surface area is 184 Å². The molecule has 156 valence electrons. The Morgan fingerprint density at radius 3 is 2.73 bits per heavy atom. The molecule has 1 aliphatic rings. The lowest BCUT2D eigenvalue weighted by Crippen LogP contribution is -2.39. The molecule has 1 saturated heterocycles. The van der Waals surface area contributed by atoms with Crippen molar-refractivity contribution >= 4 is 50.1 Å². The minimum absolute atomic E-state index is 0.204. The molecule has 0 aliphatic carbocycles. The van der Waals surface area contributed by atoms with Crippen molar-refractivity contribution in [3.05, 3.63) is 53.3 Å². The van der Waals surface area contributed by atoms with E-state index in [1.165, 1.54) is 25.6 Å². The van der Waals surface area contributed by atoms with E-state index in [-0.39, 0.29) is 6.03 Å². The molecular formula is C22H25BrN6O. The molecule has 1 aliphatic heterocycles. The Hall–Kier alpha value is -2.71. The quantitative estimate of drug-likeness (QED) is 0.486. The van der Waals surface area contributed by atoms with Crippen molar-refractivity contribution in [1.29, 1.82) is 0 Å². The van der Waals surface area contributed by atoms with E-state index < -0.39 is 0 Å². The fourth-order valence-electron chi connectivity index (χ4n) is 3.62. The van der Waals surface area contributed by atoms with Gasteiger partial charge in [-0.2, -0.15) is 0 Å². The van der Waals surface area contributed by atoms with Crippen molar-refractivity contribution in [2.45, 2.75) is 19.3 Å². The first-order valence-electron chi connectivity index (χ1n) is 10.2. The third kappa shape index (κ3) is 5.46. The molecule has 3 N–H and O–H groups in total. The maximum atomic E-state index is 12.3. The largest absolute Gasteiger partial charge is 0.340 e. The second kappa shape index (κ2) is 9.86. The van der Waals surface area contributed by atoms with Gasteiger partial charge in [-0.3, -0.25) is 0 Å². The third-order valence-corrected chi connectivity index (χ3v) is 5.64. The van der Waals surface area contributed by atoms with Gasteiger partial charge in [0.1, 0.15) is 12.1 Å². The summed E-state index contributed by atoms with van der Waals surface area (Å²) in [5.74, 6) is 0.687. The van der Waals surface area contributed by atoms with Gasteiger partial charge in [0.05, 0.1) is 5.52 Å². The normalized spacial score (nSPS) is 14.4. The highest BCUT2D eigenvalue weighted by molar-refractivity contribution is 9.10. The number of urea groups is 1. The number of nitrogens with one attached hydrogen (secondary N) is 3. The molecule has 2 aromatic carbocycles. The minimum atomic E-state index is -0.204. The Balaban J connectivity index is 1.41. The summed E-state index contributed by atoms with van der Waals surface area (Å²) in [6, 6.07) is 13.3. The Morgan fingerprint density at radius 1 is 1.03 bits per heavy atom. The van der Waals surface area contributed by atoms with E-state index in [0.29, 0.717) is 18.1 Å². The van der Waals surface area contributed by atoms with Crippen molar-refractivity contribution in [2.24, 2.45) is 0 Å². The maximum Gasteiger partial charge on any atom is 0.319 e. The van der Waals surface area contributed by atoms with Gasteiger partial charge in [0.25, 0.3) is 0 Å². The molecule has 1 fully saturated rings.